The van der Waals surface area contributed by atoms with Crippen LogP contribution in [0.4, 0.5) is 0 Å². The topological polar surface area (TPSA) is 0 Å². The van der Waals surface area contributed by atoms with Gasteiger partial charge in [-0.2, -0.15) is 0 Å². The van der Waals surface area contributed by atoms with Gasteiger partial charge in [0.2, 0.25) is 0 Å². The first-order valence-corrected chi connectivity index (χ1v) is 12.1. The van der Waals surface area contributed by atoms with Crippen LogP contribution in [-0.4, -0.2) is 0 Å². The van der Waals surface area contributed by atoms with Gasteiger partial charge in [0.05, 0.1) is 0 Å². The second kappa shape index (κ2) is 15.1. The van der Waals surface area contributed by atoms with E-state index in [4.69, 9.17) is 0 Å². The highest BCUT2D eigenvalue weighted by molar-refractivity contribution is 5.49. The van der Waals surface area contributed by atoms with E-state index in [0.29, 0.717) is 0 Å². The van der Waals surface area contributed by atoms with Crippen LogP contribution >= 0.6 is 0 Å². The molecule has 2 aromatic carbocycles. The summed E-state index contributed by atoms with van der Waals surface area (Å²) in [5.41, 5.74) is 5.70. The number of benzene rings is 2. The van der Waals surface area contributed by atoms with E-state index >= 15 is 0 Å². The van der Waals surface area contributed by atoms with E-state index in [1.165, 1.54) is 86.5 Å². The minimum absolute atomic E-state index is 1.12. The Labute approximate surface area is 180 Å². The van der Waals surface area contributed by atoms with Gasteiger partial charge in [-0.15, -0.1) is 0 Å². The molecule has 0 amide bonds. The van der Waals surface area contributed by atoms with E-state index in [1.807, 2.05) is 0 Å². The summed E-state index contributed by atoms with van der Waals surface area (Å²) in [6.45, 7) is 4.51. The van der Waals surface area contributed by atoms with Crippen LogP contribution in [-0.2, 0) is 19.3 Å². The van der Waals surface area contributed by atoms with Crippen molar-refractivity contribution >= 4 is 6.08 Å². The van der Waals surface area contributed by atoms with E-state index in [2.05, 4.69) is 74.5 Å². The molecule has 0 atom stereocenters. The zero-order valence-electron chi connectivity index (χ0n) is 19.0. The Kier molecular flexibility index (Phi) is 12.2. The van der Waals surface area contributed by atoms with Crippen molar-refractivity contribution in [3.05, 3.63) is 76.9 Å². The molecule has 0 saturated heterocycles. The molecule has 2 aromatic rings. The number of hydrogen-bond donors (Lipinski definition) is 0. The van der Waals surface area contributed by atoms with E-state index in [0.717, 1.165) is 19.3 Å². The summed E-state index contributed by atoms with van der Waals surface area (Å²) < 4.78 is 0. The minimum atomic E-state index is 1.12. The average molecular weight is 391 g/mol. The van der Waals surface area contributed by atoms with Crippen LogP contribution in [0, 0.1) is 0 Å². The standard InChI is InChI=1S/C29H42/c1-3-5-7-8-9-10-11-13-15-27-18-22-29(23-19-27)25-24-28-20-16-26(17-21-28)14-12-6-4-2/h12,14,16-23H,3-11,13,15,24-25H2,1-2H3/b14-12+. The van der Waals surface area contributed by atoms with Gasteiger partial charge in [0, 0.05) is 0 Å². The van der Waals surface area contributed by atoms with Crippen molar-refractivity contribution < 1.29 is 0 Å². The Hall–Kier alpha value is -1.82. The minimum Gasteiger partial charge on any atom is -0.0840 e. The van der Waals surface area contributed by atoms with E-state index in [-0.39, 0.29) is 0 Å². The first-order chi connectivity index (χ1) is 14.3. The third kappa shape index (κ3) is 10.5. The van der Waals surface area contributed by atoms with Crippen molar-refractivity contribution in [2.24, 2.45) is 0 Å². The SMILES string of the molecule is CCC/C=C/c1ccc(CCc2ccc(CCCCCCCCCC)cc2)cc1. The summed E-state index contributed by atoms with van der Waals surface area (Å²) in [4.78, 5) is 0. The van der Waals surface area contributed by atoms with Gasteiger partial charge in [-0.05, 0) is 54.4 Å². The summed E-state index contributed by atoms with van der Waals surface area (Å²) >= 11 is 0. The normalized spacial score (nSPS) is 11.4. The van der Waals surface area contributed by atoms with Crippen molar-refractivity contribution in [3.63, 3.8) is 0 Å². The molecule has 0 radical (unpaired) electrons. The maximum Gasteiger partial charge on any atom is -0.0238 e. The van der Waals surface area contributed by atoms with Gasteiger partial charge in [0.1, 0.15) is 0 Å². The third-order valence-corrected chi connectivity index (χ3v) is 5.79. The fraction of sp³-hybridized carbons (Fsp3) is 0.517. The predicted molar refractivity (Wildman–Crippen MR) is 131 cm³/mol. The summed E-state index contributed by atoms with van der Waals surface area (Å²) in [6, 6.07) is 18.4. The van der Waals surface area contributed by atoms with Crippen molar-refractivity contribution in [3.8, 4) is 0 Å². The van der Waals surface area contributed by atoms with Crippen LogP contribution in [0.5, 0.6) is 0 Å². The van der Waals surface area contributed by atoms with E-state index in [9.17, 15) is 0 Å². The Bertz CT molecular complexity index is 660. The lowest BCUT2D eigenvalue weighted by atomic mass is 10.00. The molecular weight excluding hydrogens is 348 g/mol. The molecule has 0 aliphatic rings. The molecule has 0 nitrogen and oxygen atoms in total. The molecule has 0 spiro atoms. The molecular formula is C29H42. The highest BCUT2D eigenvalue weighted by Crippen LogP contribution is 2.14. The number of hydrogen-bond acceptors (Lipinski definition) is 0. The second-order valence-corrected chi connectivity index (χ2v) is 8.47. The molecule has 0 bridgehead atoms. The van der Waals surface area contributed by atoms with Gasteiger partial charge in [-0.25, -0.2) is 0 Å². The predicted octanol–water partition coefficient (Wildman–Crippen LogP) is 8.97. The van der Waals surface area contributed by atoms with Gasteiger partial charge in [-0.1, -0.05) is 126 Å². The quantitative estimate of drug-likeness (QED) is 0.266. The molecule has 29 heavy (non-hydrogen) atoms. The summed E-state index contributed by atoms with van der Waals surface area (Å²) in [5, 5.41) is 0. The lowest BCUT2D eigenvalue weighted by Crippen LogP contribution is -1.93. The van der Waals surface area contributed by atoms with Crippen LogP contribution in [0.2, 0.25) is 0 Å². The molecule has 0 N–H and O–H groups in total. The number of rotatable bonds is 15. The van der Waals surface area contributed by atoms with Gasteiger partial charge < -0.3 is 0 Å². The van der Waals surface area contributed by atoms with Gasteiger partial charge >= 0.3 is 0 Å². The van der Waals surface area contributed by atoms with Crippen molar-refractivity contribution in [2.75, 3.05) is 0 Å². The zero-order valence-corrected chi connectivity index (χ0v) is 19.0. The van der Waals surface area contributed by atoms with Crippen molar-refractivity contribution in [2.45, 2.75) is 97.3 Å². The Balaban J connectivity index is 1.63. The summed E-state index contributed by atoms with van der Waals surface area (Å²) in [5.74, 6) is 0. The van der Waals surface area contributed by atoms with Crippen LogP contribution in [0.15, 0.2) is 54.6 Å². The molecule has 0 heteroatoms. The zero-order chi connectivity index (χ0) is 20.6. The number of allylic oxidation sites excluding steroid dienone is 1. The van der Waals surface area contributed by atoms with Crippen molar-refractivity contribution in [1.29, 1.82) is 0 Å². The maximum absolute atomic E-state index is 2.35. The van der Waals surface area contributed by atoms with Gasteiger partial charge in [0.25, 0.3) is 0 Å². The van der Waals surface area contributed by atoms with Crippen LogP contribution in [0.25, 0.3) is 6.08 Å². The molecule has 2 rings (SSSR count). The molecule has 0 fully saturated rings. The van der Waals surface area contributed by atoms with E-state index < -0.39 is 0 Å². The monoisotopic (exact) mass is 390 g/mol. The van der Waals surface area contributed by atoms with Crippen LogP contribution < -0.4 is 0 Å². The van der Waals surface area contributed by atoms with Crippen molar-refractivity contribution in [1.82, 2.24) is 0 Å². The molecule has 0 aromatic heterocycles. The van der Waals surface area contributed by atoms with Crippen LogP contribution in [0.3, 0.4) is 0 Å². The highest BCUT2D eigenvalue weighted by atomic mass is 14.0. The molecule has 0 unspecified atom stereocenters. The molecule has 0 aliphatic heterocycles. The maximum atomic E-state index is 2.35. The second-order valence-electron chi connectivity index (χ2n) is 8.47. The smallest absolute Gasteiger partial charge is 0.0238 e. The van der Waals surface area contributed by atoms with Gasteiger partial charge in [-0.3, -0.25) is 0 Å². The fourth-order valence-corrected chi connectivity index (χ4v) is 3.81. The number of unbranched alkanes of at least 4 members (excludes halogenated alkanes) is 8. The Morgan fingerprint density at radius 3 is 1.55 bits per heavy atom. The fourth-order valence-electron chi connectivity index (χ4n) is 3.81. The lowest BCUT2D eigenvalue weighted by Gasteiger charge is -2.06. The Morgan fingerprint density at radius 2 is 1.00 bits per heavy atom. The molecule has 0 heterocycles. The van der Waals surface area contributed by atoms with Gasteiger partial charge in [0.15, 0.2) is 0 Å². The Morgan fingerprint density at radius 1 is 0.517 bits per heavy atom. The lowest BCUT2D eigenvalue weighted by molar-refractivity contribution is 0.575. The third-order valence-electron chi connectivity index (χ3n) is 5.79. The van der Waals surface area contributed by atoms with E-state index in [1.54, 1.807) is 0 Å². The average Bonchev–Trinajstić information content (AvgIpc) is 2.76. The molecule has 158 valence electrons. The summed E-state index contributed by atoms with van der Waals surface area (Å²) in [6.07, 6.45) is 21.5. The number of aryl methyl sites for hydroxylation is 3. The molecule has 0 saturated carbocycles. The molecule has 0 aliphatic carbocycles. The first kappa shape index (κ1) is 23.5. The highest BCUT2D eigenvalue weighted by Gasteiger charge is 1.99. The largest absolute Gasteiger partial charge is 0.0840 e. The first-order valence-electron chi connectivity index (χ1n) is 12.1. The summed E-state index contributed by atoms with van der Waals surface area (Å²) in [7, 11) is 0. The van der Waals surface area contributed by atoms with Crippen LogP contribution in [0.1, 0.15) is 100 Å².